The first kappa shape index (κ1) is 25.9. The molecule has 0 spiro atoms. The summed E-state index contributed by atoms with van der Waals surface area (Å²) in [6.07, 6.45) is 15.0. The lowest BCUT2D eigenvalue weighted by Gasteiger charge is -2.34. The third-order valence-electron chi connectivity index (χ3n) is 7.20. The van der Waals surface area contributed by atoms with Crippen LogP contribution < -0.4 is 10.1 Å². The molecule has 190 valence electrons. The Kier molecular flexibility index (Phi) is 9.00. The summed E-state index contributed by atoms with van der Waals surface area (Å²) in [6.45, 7) is 4.52. The van der Waals surface area contributed by atoms with Gasteiger partial charge in [-0.1, -0.05) is 38.0 Å². The average molecular weight is 500 g/mol. The van der Waals surface area contributed by atoms with Crippen LogP contribution in [0.3, 0.4) is 0 Å². The van der Waals surface area contributed by atoms with Crippen LogP contribution in [0, 0.1) is 17.8 Å². The van der Waals surface area contributed by atoms with Crippen molar-refractivity contribution in [2.75, 3.05) is 18.5 Å². The van der Waals surface area contributed by atoms with Crippen molar-refractivity contribution in [3.05, 3.63) is 35.7 Å². The normalized spacial score (nSPS) is 23.5. The zero-order valence-electron chi connectivity index (χ0n) is 20.7. The quantitative estimate of drug-likeness (QED) is 0.454. The van der Waals surface area contributed by atoms with Crippen molar-refractivity contribution in [2.24, 2.45) is 17.8 Å². The maximum Gasteiger partial charge on any atom is 0.233 e. The highest BCUT2D eigenvalue weighted by Crippen LogP contribution is 2.43. The SMILES string of the molecule is CC(C)C1=CC([C@@H](C[C@H]2CCC(=O)C2)C(=O)Nc2cnc(OCCO)cn2)=CCC1SC1CCC1. The molecular formula is C27H37N3O4S. The van der Waals surface area contributed by atoms with E-state index in [-0.39, 0.29) is 31.0 Å². The van der Waals surface area contributed by atoms with Crippen molar-refractivity contribution in [1.29, 1.82) is 0 Å². The Hall–Kier alpha value is -2.19. The number of allylic oxidation sites excluding steroid dienone is 2. The lowest BCUT2D eigenvalue weighted by atomic mass is 9.81. The molecule has 1 aromatic rings. The van der Waals surface area contributed by atoms with Crippen molar-refractivity contribution in [2.45, 2.75) is 75.7 Å². The van der Waals surface area contributed by atoms with Crippen LogP contribution in [0.5, 0.6) is 5.88 Å². The van der Waals surface area contributed by atoms with Gasteiger partial charge in [0.25, 0.3) is 0 Å². The molecular weight excluding hydrogens is 462 g/mol. The number of carbonyl (C=O) groups excluding carboxylic acids is 2. The lowest BCUT2D eigenvalue weighted by Crippen LogP contribution is -2.29. The molecule has 2 N–H and O–H groups in total. The Morgan fingerprint density at radius 2 is 2.09 bits per heavy atom. The molecule has 3 atom stereocenters. The summed E-state index contributed by atoms with van der Waals surface area (Å²) >= 11 is 2.10. The molecule has 0 aliphatic heterocycles. The smallest absolute Gasteiger partial charge is 0.233 e. The zero-order valence-corrected chi connectivity index (χ0v) is 21.6. The zero-order chi connectivity index (χ0) is 24.8. The van der Waals surface area contributed by atoms with Gasteiger partial charge in [0.15, 0.2) is 5.82 Å². The number of nitrogens with one attached hydrogen (secondary N) is 1. The maximum absolute atomic E-state index is 13.5. The van der Waals surface area contributed by atoms with Gasteiger partial charge >= 0.3 is 0 Å². The van der Waals surface area contributed by atoms with Gasteiger partial charge in [-0.15, -0.1) is 0 Å². The first-order chi connectivity index (χ1) is 16.9. The fourth-order valence-electron chi connectivity index (χ4n) is 5.02. The highest BCUT2D eigenvalue weighted by Gasteiger charge is 2.33. The van der Waals surface area contributed by atoms with Crippen molar-refractivity contribution in [3.8, 4) is 5.88 Å². The average Bonchev–Trinajstić information content (AvgIpc) is 3.24. The first-order valence-electron chi connectivity index (χ1n) is 12.9. The number of ether oxygens (including phenoxy) is 1. The third kappa shape index (κ3) is 6.94. The molecule has 0 saturated heterocycles. The van der Waals surface area contributed by atoms with Crippen LogP contribution in [0.4, 0.5) is 5.82 Å². The Bertz CT molecular complexity index is 956. The summed E-state index contributed by atoms with van der Waals surface area (Å²) in [5, 5.41) is 13.1. The number of amides is 1. The molecule has 0 bridgehead atoms. The van der Waals surface area contributed by atoms with Gasteiger partial charge in [-0.2, -0.15) is 11.8 Å². The number of carbonyl (C=O) groups is 2. The van der Waals surface area contributed by atoms with E-state index in [4.69, 9.17) is 9.84 Å². The molecule has 35 heavy (non-hydrogen) atoms. The monoisotopic (exact) mass is 499 g/mol. The van der Waals surface area contributed by atoms with E-state index in [0.29, 0.717) is 47.9 Å². The van der Waals surface area contributed by atoms with Crippen LogP contribution in [0.2, 0.25) is 0 Å². The van der Waals surface area contributed by atoms with Crippen molar-refractivity contribution in [3.63, 3.8) is 0 Å². The Balaban J connectivity index is 1.50. The summed E-state index contributed by atoms with van der Waals surface area (Å²) in [7, 11) is 0. The standard InChI is InChI=1S/C27H37N3O4S/c1-17(2)22-14-19(7-9-24(22)35-21-4-3-5-21)23(13-18-6-8-20(32)12-18)27(33)30-25-15-29-26(16-28-25)34-11-10-31/h7,14-18,21,23-24,31H,3-6,8-13H2,1-2H3,(H,28,30,33)/t18-,23+,24?/m0/s1. The van der Waals surface area contributed by atoms with E-state index in [0.717, 1.165) is 23.7 Å². The highest BCUT2D eigenvalue weighted by atomic mass is 32.2. The third-order valence-corrected chi connectivity index (χ3v) is 8.85. The van der Waals surface area contributed by atoms with Gasteiger partial charge in [0.1, 0.15) is 12.4 Å². The fourth-order valence-corrected chi connectivity index (χ4v) is 6.79. The molecule has 3 aliphatic carbocycles. The van der Waals surface area contributed by atoms with E-state index in [2.05, 4.69) is 53.0 Å². The second-order valence-corrected chi connectivity index (χ2v) is 11.7. The number of hydrogen-bond donors (Lipinski definition) is 2. The molecule has 1 aromatic heterocycles. The van der Waals surface area contributed by atoms with Crippen molar-refractivity contribution in [1.82, 2.24) is 9.97 Å². The topological polar surface area (TPSA) is 101 Å². The van der Waals surface area contributed by atoms with Crippen molar-refractivity contribution < 1.29 is 19.4 Å². The van der Waals surface area contributed by atoms with E-state index in [9.17, 15) is 9.59 Å². The number of nitrogens with zero attached hydrogens (tertiary/aromatic N) is 2. The molecule has 4 rings (SSSR count). The van der Waals surface area contributed by atoms with Crippen LogP contribution >= 0.6 is 11.8 Å². The van der Waals surface area contributed by atoms with Gasteiger partial charge in [-0.3, -0.25) is 9.59 Å². The molecule has 2 saturated carbocycles. The number of hydrogen-bond acceptors (Lipinski definition) is 7. The van der Waals surface area contributed by atoms with Crippen LogP contribution in [0.25, 0.3) is 0 Å². The number of aromatic nitrogens is 2. The van der Waals surface area contributed by atoms with Crippen LogP contribution in [-0.2, 0) is 9.59 Å². The number of thioether (sulfide) groups is 1. The predicted molar refractivity (Wildman–Crippen MR) is 138 cm³/mol. The molecule has 8 heteroatoms. The largest absolute Gasteiger partial charge is 0.474 e. The Morgan fingerprint density at radius 1 is 1.26 bits per heavy atom. The summed E-state index contributed by atoms with van der Waals surface area (Å²) in [5.74, 6) is 1.17. The molecule has 7 nitrogen and oxygen atoms in total. The molecule has 2 fully saturated rings. The van der Waals surface area contributed by atoms with E-state index >= 15 is 0 Å². The number of aliphatic hydroxyl groups is 1. The maximum atomic E-state index is 13.5. The van der Waals surface area contributed by atoms with E-state index in [1.165, 1.54) is 37.2 Å². The second kappa shape index (κ2) is 12.2. The molecule has 1 heterocycles. The minimum absolute atomic E-state index is 0.105. The number of anilines is 1. The number of rotatable bonds is 11. The minimum Gasteiger partial charge on any atom is -0.474 e. The van der Waals surface area contributed by atoms with Gasteiger partial charge in [0.05, 0.1) is 24.9 Å². The summed E-state index contributed by atoms with van der Waals surface area (Å²) in [6, 6.07) is 0. The lowest BCUT2D eigenvalue weighted by molar-refractivity contribution is -0.120. The summed E-state index contributed by atoms with van der Waals surface area (Å²) in [5.41, 5.74) is 2.48. The molecule has 0 aromatic carbocycles. The molecule has 0 radical (unpaired) electrons. The van der Waals surface area contributed by atoms with Gasteiger partial charge in [0, 0.05) is 23.3 Å². The van der Waals surface area contributed by atoms with E-state index in [1.54, 1.807) is 0 Å². The summed E-state index contributed by atoms with van der Waals surface area (Å²) < 4.78 is 5.25. The van der Waals surface area contributed by atoms with Crippen LogP contribution in [0.15, 0.2) is 35.7 Å². The Labute approximate surface area is 212 Å². The van der Waals surface area contributed by atoms with Crippen LogP contribution in [-0.4, -0.2) is 50.5 Å². The van der Waals surface area contributed by atoms with Crippen molar-refractivity contribution >= 4 is 29.3 Å². The predicted octanol–water partition coefficient (Wildman–Crippen LogP) is 4.73. The second-order valence-electron chi connectivity index (χ2n) is 10.2. The number of ketones is 1. The van der Waals surface area contributed by atoms with Gasteiger partial charge in [-0.05, 0) is 49.5 Å². The molecule has 1 amide bonds. The van der Waals surface area contributed by atoms with Gasteiger partial charge in [-0.25, -0.2) is 9.97 Å². The van der Waals surface area contributed by atoms with E-state index in [1.807, 2.05) is 0 Å². The summed E-state index contributed by atoms with van der Waals surface area (Å²) in [4.78, 5) is 33.9. The Morgan fingerprint density at radius 3 is 2.69 bits per heavy atom. The van der Waals surface area contributed by atoms with Crippen LogP contribution in [0.1, 0.15) is 65.2 Å². The number of aliphatic hydroxyl groups excluding tert-OH is 1. The molecule has 1 unspecified atom stereocenters. The van der Waals surface area contributed by atoms with Gasteiger partial charge < -0.3 is 15.2 Å². The fraction of sp³-hybridized carbons (Fsp3) is 0.630. The minimum atomic E-state index is -0.332. The number of Topliss-reactive ketones (excluding diaryl/α,β-unsaturated/α-hetero) is 1. The molecule has 3 aliphatic rings. The van der Waals surface area contributed by atoms with Gasteiger partial charge in [0.2, 0.25) is 11.8 Å². The van der Waals surface area contributed by atoms with E-state index < -0.39 is 0 Å². The highest BCUT2D eigenvalue weighted by molar-refractivity contribution is 8.00. The first-order valence-corrected chi connectivity index (χ1v) is 13.8.